The Bertz CT molecular complexity index is 777. The number of hydrogen-bond donors (Lipinski definition) is 1. The molecule has 0 spiro atoms. The Labute approximate surface area is 136 Å². The summed E-state index contributed by atoms with van der Waals surface area (Å²) < 4.78 is 11.4. The maximum atomic E-state index is 12.1. The number of carbonyl (C=O) groups excluding carboxylic acids is 1. The van der Waals surface area contributed by atoms with E-state index in [1.54, 1.807) is 6.07 Å². The van der Waals surface area contributed by atoms with Crippen LogP contribution in [0.3, 0.4) is 0 Å². The quantitative estimate of drug-likeness (QED) is 0.480. The average Bonchev–Trinajstić information content (AvgIpc) is 2.95. The van der Waals surface area contributed by atoms with E-state index in [1.165, 1.54) is 50.4 Å². The van der Waals surface area contributed by atoms with E-state index < -0.39 is 10.8 Å². The smallest absolute Gasteiger partial charge is 0.434 e. The van der Waals surface area contributed by atoms with Gasteiger partial charge in [-0.3, -0.25) is 4.79 Å². The molecule has 0 radical (unpaired) electrons. The molecule has 10 nitrogen and oxygen atoms in total. The molecule has 0 aliphatic heterocycles. The van der Waals surface area contributed by atoms with Crippen molar-refractivity contribution in [2.45, 2.75) is 0 Å². The highest BCUT2D eigenvalue weighted by Crippen LogP contribution is 2.22. The van der Waals surface area contributed by atoms with Crippen molar-refractivity contribution in [3.63, 3.8) is 0 Å². The van der Waals surface area contributed by atoms with E-state index >= 15 is 0 Å². The van der Waals surface area contributed by atoms with Gasteiger partial charge in [-0.2, -0.15) is 5.10 Å². The van der Waals surface area contributed by atoms with Crippen molar-refractivity contribution >= 4 is 18.1 Å². The van der Waals surface area contributed by atoms with Gasteiger partial charge in [0, 0.05) is 11.6 Å². The highest BCUT2D eigenvalue weighted by molar-refractivity contribution is 5.95. The van der Waals surface area contributed by atoms with Crippen LogP contribution < -0.4 is 14.9 Å². The van der Waals surface area contributed by atoms with E-state index in [0.29, 0.717) is 22.8 Å². The van der Waals surface area contributed by atoms with Crippen LogP contribution in [0.4, 0.5) is 5.95 Å². The van der Waals surface area contributed by atoms with Crippen molar-refractivity contribution in [2.75, 3.05) is 14.2 Å². The van der Waals surface area contributed by atoms with Gasteiger partial charge in [0.05, 0.1) is 27.5 Å². The van der Waals surface area contributed by atoms with Crippen LogP contribution in [0.15, 0.2) is 29.5 Å². The van der Waals surface area contributed by atoms with Crippen molar-refractivity contribution < 1.29 is 19.2 Å². The van der Waals surface area contributed by atoms with Crippen molar-refractivity contribution in [1.82, 2.24) is 15.0 Å². The van der Waals surface area contributed by atoms with Crippen LogP contribution >= 0.6 is 0 Å². The fraction of sp³-hybridized carbons (Fsp3) is 0.214. The number of hydrogen-bond acceptors (Lipinski definition) is 7. The largest absolute Gasteiger partial charge is 0.497 e. The molecule has 24 heavy (non-hydrogen) atoms. The highest BCUT2D eigenvalue weighted by atomic mass is 16.6. The van der Waals surface area contributed by atoms with Crippen LogP contribution in [0.2, 0.25) is 0 Å². The Morgan fingerprint density at radius 3 is 2.46 bits per heavy atom. The number of nitrogens with one attached hydrogen (secondary N) is 1. The van der Waals surface area contributed by atoms with Gasteiger partial charge in [-0.25, -0.2) is 9.99 Å². The Morgan fingerprint density at radius 2 is 1.96 bits per heavy atom. The number of ether oxygens (including phenoxy) is 2. The molecule has 1 aromatic heterocycles. The molecule has 2 rings (SSSR count). The zero-order valence-corrected chi connectivity index (χ0v) is 13.2. The molecule has 10 heteroatoms. The number of benzene rings is 1. The molecule has 1 aromatic carbocycles. The average molecular weight is 333 g/mol. The predicted molar refractivity (Wildman–Crippen MR) is 84.5 cm³/mol. The topological polar surface area (TPSA) is 121 Å². The lowest BCUT2D eigenvalue weighted by molar-refractivity contribution is -0.396. The van der Waals surface area contributed by atoms with Crippen LogP contribution in [-0.2, 0) is 7.05 Å². The predicted octanol–water partition coefficient (Wildman–Crippen LogP) is 1.11. The van der Waals surface area contributed by atoms with Gasteiger partial charge in [-0.05, 0) is 17.1 Å². The van der Waals surface area contributed by atoms with Gasteiger partial charge in [0.15, 0.2) is 5.69 Å². The first kappa shape index (κ1) is 16.9. The van der Waals surface area contributed by atoms with Crippen LogP contribution in [0.1, 0.15) is 16.1 Å². The number of rotatable bonds is 6. The van der Waals surface area contributed by atoms with E-state index in [2.05, 4.69) is 15.5 Å². The van der Waals surface area contributed by atoms with Gasteiger partial charge in [-0.15, -0.1) is 0 Å². The third kappa shape index (κ3) is 3.66. The lowest BCUT2D eigenvalue weighted by atomic mass is 10.2. The van der Waals surface area contributed by atoms with Crippen LogP contribution in [0.25, 0.3) is 0 Å². The van der Waals surface area contributed by atoms with Crippen molar-refractivity contribution in [1.29, 1.82) is 0 Å². The van der Waals surface area contributed by atoms with Crippen LogP contribution in [0.5, 0.6) is 11.5 Å². The van der Waals surface area contributed by atoms with Crippen molar-refractivity contribution in [2.24, 2.45) is 12.1 Å². The van der Waals surface area contributed by atoms with E-state index in [9.17, 15) is 14.9 Å². The maximum Gasteiger partial charge on any atom is 0.434 e. The summed E-state index contributed by atoms with van der Waals surface area (Å²) in [5, 5.41) is 14.5. The Hall–Kier alpha value is -3.43. The minimum absolute atomic E-state index is 0.291. The number of nitrogens with zero attached hydrogens (tertiary/aromatic N) is 4. The Morgan fingerprint density at radius 1 is 1.33 bits per heavy atom. The maximum absolute atomic E-state index is 12.1. The fourth-order valence-corrected chi connectivity index (χ4v) is 1.86. The standard InChI is InChI=1S/C14H15N5O5/c1-18-10(7-15-14(18)19(21)22)8-16-17-13(20)9-4-11(23-2)6-12(5-9)24-3/h4-8H,1-3H3,(H,17,20)/b16-8+. The summed E-state index contributed by atoms with van der Waals surface area (Å²) in [6.07, 6.45) is 2.54. The normalized spacial score (nSPS) is 10.6. The Kier molecular flexibility index (Phi) is 5.09. The van der Waals surface area contributed by atoms with Gasteiger partial charge in [0.1, 0.15) is 17.7 Å². The minimum atomic E-state index is -0.613. The molecule has 1 N–H and O–H groups in total. The first-order valence-electron chi connectivity index (χ1n) is 6.69. The lowest BCUT2D eigenvalue weighted by Gasteiger charge is -2.07. The van der Waals surface area contributed by atoms with Crippen molar-refractivity contribution in [3.8, 4) is 11.5 Å². The first-order chi connectivity index (χ1) is 11.5. The third-order valence-electron chi connectivity index (χ3n) is 3.14. The van der Waals surface area contributed by atoms with Crippen molar-refractivity contribution in [3.05, 3.63) is 45.8 Å². The number of hydrazone groups is 1. The van der Waals surface area contributed by atoms with E-state index in [0.717, 1.165) is 0 Å². The molecule has 2 aromatic rings. The molecule has 0 fully saturated rings. The summed E-state index contributed by atoms with van der Waals surface area (Å²) in [6.45, 7) is 0. The number of amides is 1. The zero-order valence-electron chi connectivity index (χ0n) is 13.2. The molecular formula is C14H15N5O5. The molecule has 126 valence electrons. The monoisotopic (exact) mass is 333 g/mol. The molecular weight excluding hydrogens is 318 g/mol. The van der Waals surface area contributed by atoms with Crippen LogP contribution in [-0.4, -0.2) is 40.8 Å². The minimum Gasteiger partial charge on any atom is -0.497 e. The summed E-state index contributed by atoms with van der Waals surface area (Å²) in [6, 6.07) is 4.69. The second-order valence-electron chi connectivity index (χ2n) is 4.60. The van der Waals surface area contributed by atoms with Gasteiger partial charge in [0.2, 0.25) is 0 Å². The molecule has 1 amide bonds. The fourth-order valence-electron chi connectivity index (χ4n) is 1.86. The first-order valence-corrected chi connectivity index (χ1v) is 6.69. The lowest BCUT2D eigenvalue weighted by Crippen LogP contribution is -2.18. The van der Waals surface area contributed by atoms with E-state index in [-0.39, 0.29) is 5.95 Å². The van der Waals surface area contributed by atoms with Gasteiger partial charge >= 0.3 is 5.95 Å². The molecule has 0 unspecified atom stereocenters. The second kappa shape index (κ2) is 7.22. The third-order valence-corrected chi connectivity index (χ3v) is 3.14. The Balaban J connectivity index is 2.12. The number of nitro groups is 1. The molecule has 0 saturated heterocycles. The van der Waals surface area contributed by atoms with Gasteiger partial charge < -0.3 is 19.6 Å². The summed E-state index contributed by atoms with van der Waals surface area (Å²) in [5.41, 5.74) is 2.98. The van der Waals surface area contributed by atoms with Gasteiger partial charge in [0.25, 0.3) is 5.91 Å². The SMILES string of the molecule is COc1cc(OC)cc(C(=O)N/N=C/c2cnc([N+](=O)[O-])n2C)c1. The number of imidazole rings is 1. The highest BCUT2D eigenvalue weighted by Gasteiger charge is 2.15. The summed E-state index contributed by atoms with van der Waals surface area (Å²) in [5.74, 6) is 0.122. The number of methoxy groups -OCH3 is 2. The number of carbonyl (C=O) groups is 1. The molecule has 0 aliphatic rings. The van der Waals surface area contributed by atoms with Gasteiger partial charge in [-0.1, -0.05) is 4.98 Å². The second-order valence-corrected chi connectivity index (χ2v) is 4.60. The molecule has 0 saturated carbocycles. The number of aromatic nitrogens is 2. The van der Waals surface area contributed by atoms with Crippen LogP contribution in [0, 0.1) is 10.1 Å². The summed E-state index contributed by atoms with van der Waals surface area (Å²) in [4.78, 5) is 25.8. The van der Waals surface area contributed by atoms with E-state index in [4.69, 9.17) is 9.47 Å². The summed E-state index contributed by atoms with van der Waals surface area (Å²) >= 11 is 0. The summed E-state index contributed by atoms with van der Waals surface area (Å²) in [7, 11) is 4.43. The van der Waals surface area contributed by atoms with E-state index in [1.807, 2.05) is 0 Å². The zero-order chi connectivity index (χ0) is 17.7. The molecule has 0 atom stereocenters. The molecule has 1 heterocycles. The molecule has 0 aliphatic carbocycles. The molecule has 0 bridgehead atoms.